The van der Waals surface area contributed by atoms with E-state index in [1.54, 1.807) is 0 Å². The highest BCUT2D eigenvalue weighted by atomic mass is 79.9. The summed E-state index contributed by atoms with van der Waals surface area (Å²) in [6.45, 7) is 1.36. The van der Waals surface area contributed by atoms with Gasteiger partial charge in [-0.05, 0) is 34.2 Å². The summed E-state index contributed by atoms with van der Waals surface area (Å²) in [5.74, 6) is 0. The predicted molar refractivity (Wildman–Crippen MR) is 50.1 cm³/mol. The van der Waals surface area contributed by atoms with E-state index in [0.29, 0.717) is 0 Å². The van der Waals surface area contributed by atoms with Gasteiger partial charge in [-0.2, -0.15) is 0 Å². The summed E-state index contributed by atoms with van der Waals surface area (Å²) < 4.78 is 0.182. The van der Waals surface area contributed by atoms with Crippen LogP contribution in [0.4, 0.5) is 10.7 Å². The van der Waals surface area contributed by atoms with Gasteiger partial charge in [0.25, 0.3) is 0 Å². The molecule has 13 heavy (non-hydrogen) atoms. The third-order valence-corrected chi connectivity index (χ3v) is 3.28. The highest BCUT2D eigenvalue weighted by Gasteiger charge is 2.29. The number of rotatable bonds is 2. The van der Waals surface area contributed by atoms with E-state index in [1.807, 2.05) is 0 Å². The van der Waals surface area contributed by atoms with Crippen molar-refractivity contribution in [1.29, 1.82) is 0 Å². The van der Waals surface area contributed by atoms with Crippen molar-refractivity contribution in [3.05, 3.63) is 29.6 Å². The van der Waals surface area contributed by atoms with Gasteiger partial charge >= 0.3 is 10.7 Å². The molecule has 1 aromatic heterocycles. The second-order valence-corrected chi connectivity index (χ2v) is 4.49. The minimum absolute atomic E-state index is 0.0897. The molecule has 8 heteroatoms. The van der Waals surface area contributed by atoms with Crippen molar-refractivity contribution in [1.82, 2.24) is 0 Å². The Balaban J connectivity index is 3.39. The molecule has 0 unspecified atom stereocenters. The fourth-order valence-corrected chi connectivity index (χ4v) is 2.56. The van der Waals surface area contributed by atoms with E-state index >= 15 is 0 Å². The van der Waals surface area contributed by atoms with E-state index in [-0.39, 0.29) is 20.0 Å². The maximum atomic E-state index is 10.4. The molecule has 0 aliphatic carbocycles. The van der Waals surface area contributed by atoms with Crippen molar-refractivity contribution < 1.29 is 9.85 Å². The third kappa shape index (κ3) is 1.68. The first-order valence-electron chi connectivity index (χ1n) is 3.02. The van der Waals surface area contributed by atoms with Gasteiger partial charge in [-0.15, -0.1) is 0 Å². The Morgan fingerprint density at radius 3 is 2.08 bits per heavy atom. The number of hydrogen-bond acceptors (Lipinski definition) is 5. The predicted octanol–water partition coefficient (Wildman–Crippen LogP) is 2.64. The zero-order valence-corrected chi connectivity index (χ0v) is 8.72. The summed E-state index contributed by atoms with van der Waals surface area (Å²) in [6, 6.07) is 0. The minimum atomic E-state index is -0.636. The Kier molecular flexibility index (Phi) is 2.62. The number of nitrogens with zero attached hydrogens (tertiary/aromatic N) is 2. The van der Waals surface area contributed by atoms with Crippen molar-refractivity contribution in [3.63, 3.8) is 0 Å². The summed E-state index contributed by atoms with van der Waals surface area (Å²) in [5.41, 5.74) is -0.136. The molecule has 0 radical (unpaired) electrons. The van der Waals surface area contributed by atoms with Crippen molar-refractivity contribution in [3.8, 4) is 0 Å². The van der Waals surface area contributed by atoms with Crippen LogP contribution in [0.1, 0.15) is 5.56 Å². The summed E-state index contributed by atoms with van der Waals surface area (Å²) in [5, 5.41) is 20.6. The molecule has 0 spiro atoms. The number of halogens is 1. The lowest BCUT2D eigenvalue weighted by molar-refractivity contribution is -0.391. The van der Waals surface area contributed by atoms with Crippen LogP contribution in [0, 0.1) is 27.2 Å². The molecule has 1 heterocycles. The summed E-state index contributed by atoms with van der Waals surface area (Å²) in [4.78, 5) is 19.6. The van der Waals surface area contributed by atoms with Crippen molar-refractivity contribution in [2.45, 2.75) is 6.92 Å². The van der Waals surface area contributed by atoms with Gasteiger partial charge in [-0.3, -0.25) is 20.2 Å². The molecule has 0 aliphatic heterocycles. The van der Waals surface area contributed by atoms with E-state index in [9.17, 15) is 20.2 Å². The van der Waals surface area contributed by atoms with Crippen LogP contribution in [0.3, 0.4) is 0 Å². The lowest BCUT2D eigenvalue weighted by atomic mass is 10.3. The molecule has 0 saturated carbocycles. The maximum absolute atomic E-state index is 10.4. The topological polar surface area (TPSA) is 86.3 Å². The lowest BCUT2D eigenvalue weighted by Crippen LogP contribution is -1.91. The average molecular weight is 267 g/mol. The molecule has 0 aromatic carbocycles. The molecular formula is C5H3BrN2O4S. The van der Waals surface area contributed by atoms with Gasteiger partial charge in [-0.25, -0.2) is 0 Å². The van der Waals surface area contributed by atoms with Gasteiger partial charge in [0.15, 0.2) is 3.79 Å². The first kappa shape index (κ1) is 10.1. The average Bonchev–Trinajstić information content (AvgIpc) is 2.26. The van der Waals surface area contributed by atoms with E-state index in [0.717, 1.165) is 11.3 Å². The smallest absolute Gasteiger partial charge is 0.258 e. The standard InChI is InChI=1S/C5H3BrN2O4S/c1-2-3(7(9)10)4(6)13-5(2)8(11)12/h1H3. The summed E-state index contributed by atoms with van der Waals surface area (Å²) >= 11 is 3.66. The maximum Gasteiger partial charge on any atom is 0.335 e. The fourth-order valence-electron chi connectivity index (χ4n) is 0.841. The summed E-state index contributed by atoms with van der Waals surface area (Å²) in [7, 11) is 0. The number of hydrogen-bond donors (Lipinski definition) is 0. The second-order valence-electron chi connectivity index (χ2n) is 2.17. The van der Waals surface area contributed by atoms with Crippen LogP contribution < -0.4 is 0 Å². The van der Waals surface area contributed by atoms with E-state index < -0.39 is 9.85 Å². The van der Waals surface area contributed by atoms with Crippen LogP contribution in [0.5, 0.6) is 0 Å². The Hall–Kier alpha value is -1.02. The highest BCUT2D eigenvalue weighted by Crippen LogP contribution is 2.42. The largest absolute Gasteiger partial charge is 0.335 e. The highest BCUT2D eigenvalue weighted by molar-refractivity contribution is 9.11. The first-order valence-corrected chi connectivity index (χ1v) is 4.63. The molecule has 1 aromatic rings. The normalized spacial score (nSPS) is 10.0. The van der Waals surface area contributed by atoms with E-state index in [1.165, 1.54) is 6.92 Å². The van der Waals surface area contributed by atoms with Crippen LogP contribution >= 0.6 is 27.3 Å². The molecule has 0 fully saturated rings. The van der Waals surface area contributed by atoms with Crippen LogP contribution in [0.2, 0.25) is 0 Å². The molecule has 0 aliphatic rings. The molecule has 0 amide bonds. The van der Waals surface area contributed by atoms with Crippen molar-refractivity contribution in [2.24, 2.45) is 0 Å². The quantitative estimate of drug-likeness (QED) is 0.608. The van der Waals surface area contributed by atoms with Gasteiger partial charge in [-0.1, -0.05) is 0 Å². The Morgan fingerprint density at radius 1 is 1.31 bits per heavy atom. The molecule has 0 atom stereocenters. The Morgan fingerprint density at radius 2 is 1.85 bits per heavy atom. The molecule has 0 bridgehead atoms. The van der Waals surface area contributed by atoms with Gasteiger partial charge in [0.1, 0.15) is 5.56 Å². The number of nitro groups is 2. The Labute approximate surface area is 84.6 Å². The molecule has 0 saturated heterocycles. The van der Waals surface area contributed by atoms with Gasteiger partial charge in [0.2, 0.25) is 0 Å². The van der Waals surface area contributed by atoms with Crippen LogP contribution in [-0.4, -0.2) is 9.85 Å². The molecule has 1 rings (SSSR count). The Bertz CT molecular complexity index is 388. The monoisotopic (exact) mass is 266 g/mol. The molecule has 70 valence electrons. The summed E-state index contributed by atoms with van der Waals surface area (Å²) in [6.07, 6.45) is 0. The van der Waals surface area contributed by atoms with Gasteiger partial charge < -0.3 is 0 Å². The second kappa shape index (κ2) is 3.38. The zero-order valence-electron chi connectivity index (χ0n) is 6.31. The lowest BCUT2D eigenvalue weighted by Gasteiger charge is -1.87. The van der Waals surface area contributed by atoms with Gasteiger partial charge in [0, 0.05) is 0 Å². The minimum Gasteiger partial charge on any atom is -0.258 e. The van der Waals surface area contributed by atoms with Crippen molar-refractivity contribution in [2.75, 3.05) is 0 Å². The van der Waals surface area contributed by atoms with Crippen molar-refractivity contribution >= 4 is 38.0 Å². The van der Waals surface area contributed by atoms with Gasteiger partial charge in [0.05, 0.1) is 9.85 Å². The fraction of sp³-hybridized carbons (Fsp3) is 0.200. The van der Waals surface area contributed by atoms with E-state index in [4.69, 9.17) is 0 Å². The molecule has 0 N–H and O–H groups in total. The van der Waals surface area contributed by atoms with Crippen LogP contribution in [0.15, 0.2) is 3.79 Å². The zero-order chi connectivity index (χ0) is 10.2. The number of thiophene rings is 1. The van der Waals surface area contributed by atoms with Crippen LogP contribution in [0.25, 0.3) is 0 Å². The molecule has 6 nitrogen and oxygen atoms in total. The molecular weight excluding hydrogens is 264 g/mol. The van der Waals surface area contributed by atoms with Crippen LogP contribution in [-0.2, 0) is 0 Å². The van der Waals surface area contributed by atoms with E-state index in [2.05, 4.69) is 15.9 Å². The SMILES string of the molecule is Cc1c([N+](=O)[O-])sc(Br)c1[N+](=O)[O-]. The first-order chi connectivity index (χ1) is 5.95. The third-order valence-electron chi connectivity index (χ3n) is 1.40.